The Morgan fingerprint density at radius 3 is 2.62 bits per heavy atom. The second-order valence-corrected chi connectivity index (χ2v) is 5.85. The van der Waals surface area contributed by atoms with Crippen molar-refractivity contribution in [2.24, 2.45) is 5.92 Å². The summed E-state index contributed by atoms with van der Waals surface area (Å²) in [5, 5.41) is 0. The van der Waals surface area contributed by atoms with Crippen molar-refractivity contribution in [3.8, 4) is 0 Å². The second kappa shape index (κ2) is 5.48. The molecule has 5 nitrogen and oxygen atoms in total. The van der Waals surface area contributed by atoms with Crippen LogP contribution in [0.1, 0.15) is 16.8 Å². The number of carbonyl (C=O) groups is 2. The van der Waals surface area contributed by atoms with Crippen LogP contribution >= 0.6 is 0 Å². The van der Waals surface area contributed by atoms with Gasteiger partial charge in [0.05, 0.1) is 18.1 Å². The highest BCUT2D eigenvalue weighted by molar-refractivity contribution is 5.95. The van der Waals surface area contributed by atoms with E-state index in [0.29, 0.717) is 18.7 Å². The van der Waals surface area contributed by atoms with E-state index in [1.54, 1.807) is 19.0 Å². The topological polar surface area (TPSA) is 49.9 Å². The lowest BCUT2D eigenvalue weighted by molar-refractivity contribution is -0.135. The van der Waals surface area contributed by atoms with E-state index in [-0.39, 0.29) is 29.9 Å². The molecule has 0 bridgehead atoms. The molecule has 1 aromatic carbocycles. The van der Waals surface area contributed by atoms with E-state index in [4.69, 9.17) is 4.74 Å². The zero-order chi connectivity index (χ0) is 15.0. The molecule has 0 aromatic heterocycles. The summed E-state index contributed by atoms with van der Waals surface area (Å²) in [5.74, 6) is -0.222. The van der Waals surface area contributed by atoms with E-state index >= 15 is 0 Å². The van der Waals surface area contributed by atoms with Crippen molar-refractivity contribution < 1.29 is 14.3 Å². The number of likely N-dealkylation sites (tertiary alicyclic amines) is 1. The molecule has 2 aliphatic rings. The normalized spacial score (nSPS) is 27.5. The van der Waals surface area contributed by atoms with Crippen molar-refractivity contribution in [1.82, 2.24) is 9.80 Å². The molecule has 112 valence electrons. The highest BCUT2D eigenvalue weighted by atomic mass is 16.5. The summed E-state index contributed by atoms with van der Waals surface area (Å²) in [4.78, 5) is 28.4. The van der Waals surface area contributed by atoms with Crippen LogP contribution in [0, 0.1) is 5.92 Å². The minimum Gasteiger partial charge on any atom is -0.375 e. The first kappa shape index (κ1) is 14.1. The van der Waals surface area contributed by atoms with E-state index in [2.05, 4.69) is 0 Å². The minimum atomic E-state index is -0.250. The Balaban J connectivity index is 1.84. The van der Waals surface area contributed by atoms with Crippen LogP contribution in [0.5, 0.6) is 0 Å². The van der Waals surface area contributed by atoms with Gasteiger partial charge in [0.2, 0.25) is 5.91 Å². The molecule has 2 saturated heterocycles. The summed E-state index contributed by atoms with van der Waals surface area (Å²) in [7, 11) is 3.49. The van der Waals surface area contributed by atoms with Gasteiger partial charge in [-0.3, -0.25) is 9.59 Å². The van der Waals surface area contributed by atoms with Crippen LogP contribution in [0.25, 0.3) is 0 Å². The largest absolute Gasteiger partial charge is 0.375 e. The number of carbonyl (C=O) groups excluding carboxylic acids is 2. The molecule has 1 aromatic rings. The predicted octanol–water partition coefficient (Wildman–Crippen LogP) is 1.00. The Morgan fingerprint density at radius 1 is 1.24 bits per heavy atom. The highest BCUT2D eigenvalue weighted by Crippen LogP contribution is 2.35. The average molecular weight is 288 g/mol. The monoisotopic (exact) mass is 288 g/mol. The maximum absolute atomic E-state index is 12.7. The van der Waals surface area contributed by atoms with E-state index < -0.39 is 0 Å². The van der Waals surface area contributed by atoms with Crippen molar-refractivity contribution >= 4 is 11.8 Å². The standard InChI is InChI=1S/C16H20N2O3/c1-17(2)16(20)12-10-18(13-8-9-21-14(12)13)15(19)11-6-4-3-5-7-11/h3-7,12-14H,8-10H2,1-2H3/t12-,13+,14-/m0/s1. The van der Waals surface area contributed by atoms with Gasteiger partial charge in [-0.25, -0.2) is 0 Å². The minimum absolute atomic E-state index is 0.00911. The molecule has 0 N–H and O–H groups in total. The predicted molar refractivity (Wildman–Crippen MR) is 77.8 cm³/mol. The first-order chi connectivity index (χ1) is 10.1. The van der Waals surface area contributed by atoms with Gasteiger partial charge in [0.1, 0.15) is 0 Å². The lowest BCUT2D eigenvalue weighted by Crippen LogP contribution is -2.37. The van der Waals surface area contributed by atoms with Gasteiger partial charge >= 0.3 is 0 Å². The summed E-state index contributed by atoms with van der Waals surface area (Å²) in [6.07, 6.45) is 0.646. The second-order valence-electron chi connectivity index (χ2n) is 5.85. The summed E-state index contributed by atoms with van der Waals surface area (Å²) in [6.45, 7) is 1.06. The quantitative estimate of drug-likeness (QED) is 0.816. The Bertz CT molecular complexity index is 544. The molecule has 3 rings (SSSR count). The van der Waals surface area contributed by atoms with Crippen molar-refractivity contribution in [3.05, 3.63) is 35.9 Å². The van der Waals surface area contributed by atoms with Crippen LogP contribution in [0.15, 0.2) is 30.3 Å². The zero-order valence-electron chi connectivity index (χ0n) is 12.4. The fourth-order valence-corrected chi connectivity index (χ4v) is 3.30. The van der Waals surface area contributed by atoms with Gasteiger partial charge in [0.15, 0.2) is 0 Å². The van der Waals surface area contributed by atoms with Gasteiger partial charge in [-0.1, -0.05) is 18.2 Å². The average Bonchev–Trinajstić information content (AvgIpc) is 3.08. The van der Waals surface area contributed by atoms with Gasteiger partial charge in [0, 0.05) is 32.8 Å². The Labute approximate surface area is 124 Å². The number of benzene rings is 1. The maximum atomic E-state index is 12.7. The SMILES string of the molecule is CN(C)C(=O)[C@H]1CN(C(=O)c2ccccc2)[C@@H]2CCO[C@@H]12. The number of hydrogen-bond acceptors (Lipinski definition) is 3. The fraction of sp³-hybridized carbons (Fsp3) is 0.500. The molecular weight excluding hydrogens is 268 g/mol. The van der Waals surface area contributed by atoms with Gasteiger partial charge < -0.3 is 14.5 Å². The van der Waals surface area contributed by atoms with E-state index in [9.17, 15) is 9.59 Å². The molecule has 0 spiro atoms. The van der Waals surface area contributed by atoms with Gasteiger partial charge in [-0.2, -0.15) is 0 Å². The summed E-state index contributed by atoms with van der Waals surface area (Å²) in [6, 6.07) is 9.25. The Hall–Kier alpha value is -1.88. The van der Waals surface area contributed by atoms with Crippen molar-refractivity contribution in [2.45, 2.75) is 18.6 Å². The van der Waals surface area contributed by atoms with Crippen molar-refractivity contribution in [3.63, 3.8) is 0 Å². The van der Waals surface area contributed by atoms with Crippen LogP contribution in [-0.4, -0.2) is 61.0 Å². The fourth-order valence-electron chi connectivity index (χ4n) is 3.30. The first-order valence-electron chi connectivity index (χ1n) is 7.28. The van der Waals surface area contributed by atoms with Crippen LogP contribution in [0.4, 0.5) is 0 Å². The molecule has 2 heterocycles. The number of ether oxygens (including phenoxy) is 1. The third-order valence-corrected chi connectivity index (χ3v) is 4.33. The molecule has 0 unspecified atom stereocenters. The molecule has 21 heavy (non-hydrogen) atoms. The van der Waals surface area contributed by atoms with Crippen LogP contribution in [-0.2, 0) is 9.53 Å². The van der Waals surface area contributed by atoms with Crippen LogP contribution < -0.4 is 0 Å². The first-order valence-corrected chi connectivity index (χ1v) is 7.28. The summed E-state index contributed by atoms with van der Waals surface area (Å²) in [5.41, 5.74) is 0.668. The Morgan fingerprint density at radius 2 is 1.95 bits per heavy atom. The third-order valence-electron chi connectivity index (χ3n) is 4.33. The summed E-state index contributed by atoms with van der Waals surface area (Å²) < 4.78 is 5.74. The molecule has 5 heteroatoms. The molecule has 0 radical (unpaired) electrons. The molecule has 0 aliphatic carbocycles. The number of amides is 2. The number of nitrogens with zero attached hydrogens (tertiary/aromatic N) is 2. The van der Waals surface area contributed by atoms with E-state index in [1.165, 1.54) is 0 Å². The van der Waals surface area contributed by atoms with E-state index in [1.807, 2.05) is 35.2 Å². The number of hydrogen-bond donors (Lipinski definition) is 0. The van der Waals surface area contributed by atoms with E-state index in [0.717, 1.165) is 6.42 Å². The van der Waals surface area contributed by atoms with Gasteiger partial charge in [0.25, 0.3) is 5.91 Å². The van der Waals surface area contributed by atoms with Crippen LogP contribution in [0.2, 0.25) is 0 Å². The van der Waals surface area contributed by atoms with Gasteiger partial charge in [-0.15, -0.1) is 0 Å². The molecule has 2 fully saturated rings. The number of rotatable bonds is 2. The molecule has 0 saturated carbocycles. The van der Waals surface area contributed by atoms with Gasteiger partial charge in [-0.05, 0) is 18.6 Å². The lowest BCUT2D eigenvalue weighted by atomic mass is 10.0. The van der Waals surface area contributed by atoms with Crippen LogP contribution in [0.3, 0.4) is 0 Å². The molecule has 2 aliphatic heterocycles. The molecule has 2 amide bonds. The molecule has 3 atom stereocenters. The zero-order valence-corrected chi connectivity index (χ0v) is 12.4. The smallest absolute Gasteiger partial charge is 0.254 e. The molecular formula is C16H20N2O3. The summed E-state index contributed by atoms with van der Waals surface area (Å²) >= 11 is 0. The highest BCUT2D eigenvalue weighted by Gasteiger charge is 2.50. The van der Waals surface area contributed by atoms with Crippen molar-refractivity contribution in [1.29, 1.82) is 0 Å². The number of fused-ring (bicyclic) bond motifs is 1. The van der Waals surface area contributed by atoms with Crippen molar-refractivity contribution in [2.75, 3.05) is 27.2 Å². The third kappa shape index (κ3) is 2.42. The lowest BCUT2D eigenvalue weighted by Gasteiger charge is -2.22. The Kier molecular flexibility index (Phi) is 3.68. The maximum Gasteiger partial charge on any atom is 0.254 e.